The lowest BCUT2D eigenvalue weighted by molar-refractivity contribution is -0.117. The van der Waals surface area contributed by atoms with E-state index in [0.717, 1.165) is 30.8 Å². The zero-order valence-corrected chi connectivity index (χ0v) is 11.3. The summed E-state index contributed by atoms with van der Waals surface area (Å²) in [5, 5.41) is 3.05. The Kier molecular flexibility index (Phi) is 4.58. The topological polar surface area (TPSA) is 41.6 Å². The highest BCUT2D eigenvalue weighted by Gasteiger charge is 2.22. The molecule has 2 rings (SSSR count). The van der Waals surface area contributed by atoms with Crippen LogP contribution >= 0.6 is 0 Å². The van der Waals surface area contributed by atoms with Crippen LogP contribution in [0.1, 0.15) is 12.0 Å². The number of carbonyl (C=O) groups is 1. The Bertz CT molecular complexity index is 471. The zero-order valence-electron chi connectivity index (χ0n) is 11.3. The van der Waals surface area contributed by atoms with Gasteiger partial charge in [-0.1, -0.05) is 6.08 Å². The fraction of sp³-hybridized carbons (Fsp3) is 0.400. The van der Waals surface area contributed by atoms with Crippen molar-refractivity contribution in [1.29, 1.82) is 0 Å². The zero-order chi connectivity index (χ0) is 13.7. The summed E-state index contributed by atoms with van der Waals surface area (Å²) in [6.07, 6.45) is 3.74. The van der Waals surface area contributed by atoms with Crippen molar-refractivity contribution in [2.75, 3.05) is 31.6 Å². The largest absolute Gasteiger partial charge is 0.497 e. The number of hydrogen-bond donors (Lipinski definition) is 1. The Labute approximate surface area is 114 Å². The average molecular weight is 260 g/mol. The van der Waals surface area contributed by atoms with Gasteiger partial charge in [0.25, 0.3) is 0 Å². The summed E-state index contributed by atoms with van der Waals surface area (Å²) in [6, 6.07) is 5.90. The van der Waals surface area contributed by atoms with Crippen LogP contribution in [0.2, 0.25) is 0 Å². The van der Waals surface area contributed by atoms with Gasteiger partial charge >= 0.3 is 0 Å². The van der Waals surface area contributed by atoms with Crippen molar-refractivity contribution in [3.05, 3.63) is 36.4 Å². The highest BCUT2D eigenvalue weighted by Crippen LogP contribution is 2.30. The minimum atomic E-state index is 0.105. The van der Waals surface area contributed by atoms with E-state index in [4.69, 9.17) is 4.74 Å². The molecular formula is C15H20N2O2. The van der Waals surface area contributed by atoms with E-state index in [2.05, 4.69) is 11.9 Å². The van der Waals surface area contributed by atoms with Gasteiger partial charge in [0.2, 0.25) is 5.91 Å². The molecule has 1 aliphatic rings. The second-order valence-corrected chi connectivity index (χ2v) is 4.56. The second-order valence-electron chi connectivity index (χ2n) is 4.56. The van der Waals surface area contributed by atoms with Crippen molar-refractivity contribution >= 4 is 11.6 Å². The van der Waals surface area contributed by atoms with E-state index in [9.17, 15) is 4.79 Å². The Balaban J connectivity index is 2.13. The molecule has 0 unspecified atom stereocenters. The summed E-state index contributed by atoms with van der Waals surface area (Å²) in [5.41, 5.74) is 2.19. The maximum atomic E-state index is 12.2. The normalized spacial score (nSPS) is 13.8. The number of nitrogens with one attached hydrogen (secondary N) is 1. The van der Waals surface area contributed by atoms with Gasteiger partial charge in [-0.2, -0.15) is 0 Å². The Morgan fingerprint density at radius 3 is 3.16 bits per heavy atom. The number of benzene rings is 1. The van der Waals surface area contributed by atoms with Gasteiger partial charge in [0.05, 0.1) is 13.7 Å². The summed E-state index contributed by atoms with van der Waals surface area (Å²) in [7, 11) is 1.66. The predicted molar refractivity (Wildman–Crippen MR) is 76.7 cm³/mol. The molecule has 1 amide bonds. The second kappa shape index (κ2) is 6.38. The molecule has 4 nitrogen and oxygen atoms in total. The van der Waals surface area contributed by atoms with Gasteiger partial charge in [0, 0.05) is 18.8 Å². The maximum Gasteiger partial charge on any atom is 0.240 e. The van der Waals surface area contributed by atoms with Crippen molar-refractivity contribution in [2.45, 2.75) is 12.8 Å². The number of anilines is 1. The van der Waals surface area contributed by atoms with Crippen LogP contribution in [0, 0.1) is 0 Å². The van der Waals surface area contributed by atoms with E-state index in [1.807, 2.05) is 23.1 Å². The molecule has 1 aromatic rings. The molecule has 4 heteroatoms. The van der Waals surface area contributed by atoms with Crippen LogP contribution in [-0.2, 0) is 11.2 Å². The first kappa shape index (κ1) is 13.6. The highest BCUT2D eigenvalue weighted by molar-refractivity contribution is 5.96. The lowest BCUT2D eigenvalue weighted by Crippen LogP contribution is -2.41. The quantitative estimate of drug-likeness (QED) is 0.648. The van der Waals surface area contributed by atoms with Crippen molar-refractivity contribution < 1.29 is 9.53 Å². The standard InChI is InChI=1S/C15H20N2O2/c1-3-8-16-11-15(18)17-9-4-5-12-10-13(19-2)6-7-14(12)17/h3,6-7,10,16H,1,4-5,8-9,11H2,2H3. The van der Waals surface area contributed by atoms with E-state index in [0.29, 0.717) is 13.1 Å². The fourth-order valence-corrected chi connectivity index (χ4v) is 2.34. The van der Waals surface area contributed by atoms with E-state index < -0.39 is 0 Å². The molecule has 0 aliphatic carbocycles. The number of fused-ring (bicyclic) bond motifs is 1. The number of rotatable bonds is 5. The summed E-state index contributed by atoms with van der Waals surface area (Å²) < 4.78 is 5.23. The van der Waals surface area contributed by atoms with Gasteiger partial charge in [-0.05, 0) is 36.6 Å². The smallest absolute Gasteiger partial charge is 0.240 e. The van der Waals surface area contributed by atoms with Crippen molar-refractivity contribution in [3.8, 4) is 5.75 Å². The Morgan fingerprint density at radius 2 is 2.42 bits per heavy atom. The van der Waals surface area contributed by atoms with Crippen LogP contribution in [0.4, 0.5) is 5.69 Å². The Hall–Kier alpha value is -1.81. The molecule has 1 aliphatic heterocycles. The fourth-order valence-electron chi connectivity index (χ4n) is 2.34. The molecule has 0 aromatic heterocycles. The maximum absolute atomic E-state index is 12.2. The molecule has 0 fully saturated rings. The van der Waals surface area contributed by atoms with E-state index in [1.165, 1.54) is 5.56 Å². The Morgan fingerprint density at radius 1 is 1.58 bits per heavy atom. The number of amides is 1. The number of aryl methyl sites for hydroxylation is 1. The van der Waals surface area contributed by atoms with E-state index in [1.54, 1.807) is 13.2 Å². The summed E-state index contributed by atoms with van der Waals surface area (Å²) in [5.74, 6) is 0.950. The highest BCUT2D eigenvalue weighted by atomic mass is 16.5. The number of hydrogen-bond acceptors (Lipinski definition) is 3. The first-order valence-electron chi connectivity index (χ1n) is 6.55. The van der Waals surface area contributed by atoms with Gasteiger partial charge in [-0.15, -0.1) is 6.58 Å². The monoisotopic (exact) mass is 260 g/mol. The number of carbonyl (C=O) groups excluding carboxylic acids is 1. The molecule has 1 N–H and O–H groups in total. The predicted octanol–water partition coefficient (Wildman–Crippen LogP) is 1.75. The van der Waals surface area contributed by atoms with Gasteiger partial charge in [0.1, 0.15) is 5.75 Å². The molecular weight excluding hydrogens is 240 g/mol. The van der Waals surface area contributed by atoms with Crippen LogP contribution in [-0.4, -0.2) is 32.7 Å². The van der Waals surface area contributed by atoms with Crippen LogP contribution in [0.3, 0.4) is 0 Å². The minimum Gasteiger partial charge on any atom is -0.497 e. The lowest BCUT2D eigenvalue weighted by Gasteiger charge is -2.30. The SMILES string of the molecule is C=CCNCC(=O)N1CCCc2cc(OC)ccc21. The average Bonchev–Trinajstić information content (AvgIpc) is 2.46. The van der Waals surface area contributed by atoms with Crippen molar-refractivity contribution in [2.24, 2.45) is 0 Å². The molecule has 102 valence electrons. The lowest BCUT2D eigenvalue weighted by atomic mass is 10.0. The third-order valence-corrected chi connectivity index (χ3v) is 3.27. The molecule has 0 saturated carbocycles. The molecule has 1 heterocycles. The van der Waals surface area contributed by atoms with Gasteiger partial charge in [-0.3, -0.25) is 4.79 Å². The third-order valence-electron chi connectivity index (χ3n) is 3.27. The van der Waals surface area contributed by atoms with Gasteiger partial charge in [-0.25, -0.2) is 0 Å². The first-order valence-corrected chi connectivity index (χ1v) is 6.55. The molecule has 0 saturated heterocycles. The van der Waals surface area contributed by atoms with E-state index >= 15 is 0 Å². The summed E-state index contributed by atoms with van der Waals surface area (Å²) in [6.45, 7) is 5.40. The number of methoxy groups -OCH3 is 1. The van der Waals surface area contributed by atoms with Crippen LogP contribution in [0.15, 0.2) is 30.9 Å². The first-order chi connectivity index (χ1) is 9.26. The van der Waals surface area contributed by atoms with Crippen LogP contribution in [0.5, 0.6) is 5.75 Å². The van der Waals surface area contributed by atoms with Gasteiger partial charge < -0.3 is 15.0 Å². The van der Waals surface area contributed by atoms with E-state index in [-0.39, 0.29) is 5.91 Å². The molecule has 0 spiro atoms. The molecule has 0 radical (unpaired) electrons. The molecule has 1 aromatic carbocycles. The number of ether oxygens (including phenoxy) is 1. The summed E-state index contributed by atoms with van der Waals surface area (Å²) in [4.78, 5) is 14.0. The minimum absolute atomic E-state index is 0.105. The van der Waals surface area contributed by atoms with Crippen molar-refractivity contribution in [3.63, 3.8) is 0 Å². The molecule has 0 atom stereocenters. The van der Waals surface area contributed by atoms with Crippen molar-refractivity contribution in [1.82, 2.24) is 5.32 Å². The molecule has 19 heavy (non-hydrogen) atoms. The van der Waals surface area contributed by atoms with Gasteiger partial charge in [0.15, 0.2) is 0 Å². The summed E-state index contributed by atoms with van der Waals surface area (Å²) >= 11 is 0. The van der Waals surface area contributed by atoms with Crippen LogP contribution in [0.25, 0.3) is 0 Å². The third kappa shape index (κ3) is 3.15. The number of nitrogens with zero attached hydrogens (tertiary/aromatic N) is 1. The molecule has 0 bridgehead atoms. The van der Waals surface area contributed by atoms with Crippen LogP contribution < -0.4 is 15.0 Å².